The topological polar surface area (TPSA) is 108 Å². The zero-order chi connectivity index (χ0) is 23.1. The first-order chi connectivity index (χ1) is 15.4. The Morgan fingerprint density at radius 2 is 1.94 bits per heavy atom. The van der Waals surface area contributed by atoms with Gasteiger partial charge < -0.3 is 25.4 Å². The van der Waals surface area contributed by atoms with Crippen LogP contribution < -0.4 is 10.6 Å². The van der Waals surface area contributed by atoms with Crippen molar-refractivity contribution in [3.05, 3.63) is 35.9 Å². The molecule has 3 N–H and O–H groups in total. The first kappa shape index (κ1) is 22.7. The van der Waals surface area contributed by atoms with Crippen LogP contribution in [0.5, 0.6) is 0 Å². The number of nitrogens with zero attached hydrogens (tertiary/aromatic N) is 1. The number of likely N-dealkylation sites (tertiary alicyclic amines) is 1. The molecule has 8 nitrogen and oxygen atoms in total. The Bertz CT molecular complexity index is 889. The van der Waals surface area contributed by atoms with Crippen molar-refractivity contribution in [3.63, 3.8) is 0 Å². The second kappa shape index (κ2) is 8.48. The van der Waals surface area contributed by atoms with Crippen molar-refractivity contribution < 1.29 is 24.2 Å². The highest BCUT2D eigenvalue weighted by Gasteiger charge is 2.78. The molecule has 0 aliphatic carbocycles. The largest absolute Gasteiger partial charge is 0.394 e. The number of fused-ring (bicyclic) bond motifs is 1. The van der Waals surface area contributed by atoms with Crippen molar-refractivity contribution in [2.24, 2.45) is 11.8 Å². The molecule has 1 spiro atoms. The van der Waals surface area contributed by atoms with Gasteiger partial charge in [0.2, 0.25) is 17.7 Å². The van der Waals surface area contributed by atoms with Crippen LogP contribution in [-0.2, 0) is 25.7 Å². The maximum atomic E-state index is 13.8. The van der Waals surface area contributed by atoms with Gasteiger partial charge in [0.1, 0.15) is 11.6 Å². The molecular weight excluding hydrogens is 410 g/mol. The van der Waals surface area contributed by atoms with Crippen LogP contribution in [0.4, 0.5) is 0 Å². The maximum Gasteiger partial charge on any atom is 0.246 e. The van der Waals surface area contributed by atoms with Crippen molar-refractivity contribution >= 4 is 17.7 Å². The lowest BCUT2D eigenvalue weighted by molar-refractivity contribution is -0.151. The fraction of sp³-hybridized carbons (Fsp3) is 0.625. The lowest BCUT2D eigenvalue weighted by Gasteiger charge is -2.37. The van der Waals surface area contributed by atoms with Crippen molar-refractivity contribution in [2.45, 2.75) is 69.4 Å². The summed E-state index contributed by atoms with van der Waals surface area (Å²) >= 11 is 0. The van der Waals surface area contributed by atoms with Crippen molar-refractivity contribution in [1.29, 1.82) is 0 Å². The number of rotatable bonds is 8. The molecule has 0 radical (unpaired) electrons. The molecule has 3 aliphatic heterocycles. The molecule has 3 amide bonds. The average molecular weight is 444 g/mol. The van der Waals surface area contributed by atoms with Gasteiger partial charge >= 0.3 is 0 Å². The van der Waals surface area contributed by atoms with Crippen LogP contribution in [0.2, 0.25) is 0 Å². The van der Waals surface area contributed by atoms with Gasteiger partial charge in [0.15, 0.2) is 0 Å². The van der Waals surface area contributed by atoms with Crippen molar-refractivity contribution in [1.82, 2.24) is 15.5 Å². The van der Waals surface area contributed by atoms with Gasteiger partial charge in [-0.15, -0.1) is 0 Å². The molecule has 1 aromatic carbocycles. The molecule has 32 heavy (non-hydrogen) atoms. The average Bonchev–Trinajstić information content (AvgIpc) is 3.43. The first-order valence-electron chi connectivity index (χ1n) is 11.6. The smallest absolute Gasteiger partial charge is 0.246 e. The number of ether oxygens (including phenoxy) is 1. The maximum absolute atomic E-state index is 13.8. The fourth-order valence-electron chi connectivity index (χ4n) is 6.20. The third-order valence-electron chi connectivity index (χ3n) is 7.78. The van der Waals surface area contributed by atoms with Crippen LogP contribution in [0.15, 0.2) is 30.3 Å². The van der Waals surface area contributed by atoms with E-state index in [1.54, 1.807) is 7.05 Å². The quantitative estimate of drug-likeness (QED) is 0.555. The van der Waals surface area contributed by atoms with E-state index in [9.17, 15) is 19.5 Å². The van der Waals surface area contributed by atoms with Crippen molar-refractivity contribution in [2.75, 3.05) is 13.7 Å². The molecule has 8 heteroatoms. The summed E-state index contributed by atoms with van der Waals surface area (Å²) in [7, 11) is 1.56. The molecule has 4 rings (SSSR count). The number of carbonyl (C=O) groups excluding carboxylic acids is 3. The molecule has 3 saturated heterocycles. The summed E-state index contributed by atoms with van der Waals surface area (Å²) in [6.07, 6.45) is 2.24. The Kier molecular flexibility index (Phi) is 6.02. The minimum Gasteiger partial charge on any atom is -0.394 e. The Labute approximate surface area is 188 Å². The standard InChI is InChI=1S/C24H33N3O5/c1-4-16(14-28)27-19(21(30)26-13-15-9-7-6-8-10-15)24-12-11-23(5-2,32-24)17(20(29)25-3)18(24)22(27)31/h6-10,16-19,28H,4-5,11-14H2,1-3H3,(H,25,29)(H,26,30)/t16-,17+,18-,19?,23-,24?/m0/s1. The third kappa shape index (κ3) is 3.15. The first-order valence-corrected chi connectivity index (χ1v) is 11.6. The van der Waals surface area contributed by atoms with Gasteiger partial charge in [-0.25, -0.2) is 0 Å². The minimum absolute atomic E-state index is 0.228. The van der Waals surface area contributed by atoms with E-state index >= 15 is 0 Å². The van der Waals surface area contributed by atoms with Gasteiger partial charge in [0.25, 0.3) is 0 Å². The fourth-order valence-corrected chi connectivity index (χ4v) is 6.20. The van der Waals surface area contributed by atoms with Crippen LogP contribution in [-0.4, -0.2) is 64.7 Å². The number of aliphatic hydroxyl groups is 1. The lowest BCUT2D eigenvalue weighted by atomic mass is 9.65. The highest BCUT2D eigenvalue weighted by molar-refractivity contribution is 5.99. The van der Waals surface area contributed by atoms with E-state index in [0.717, 1.165) is 5.56 Å². The second-order valence-corrected chi connectivity index (χ2v) is 9.14. The summed E-state index contributed by atoms with van der Waals surface area (Å²) in [5.74, 6) is -2.18. The molecule has 174 valence electrons. The molecule has 3 heterocycles. The van der Waals surface area contributed by atoms with Gasteiger partial charge in [0.05, 0.1) is 30.1 Å². The minimum atomic E-state index is -1.06. The monoisotopic (exact) mass is 443 g/mol. The van der Waals surface area contributed by atoms with Crippen LogP contribution in [0.25, 0.3) is 0 Å². The van der Waals surface area contributed by atoms with Gasteiger partial charge in [-0.3, -0.25) is 14.4 Å². The molecule has 2 bridgehead atoms. The van der Waals surface area contributed by atoms with Crippen LogP contribution in [0.3, 0.4) is 0 Å². The molecule has 3 aliphatic rings. The number of carbonyl (C=O) groups is 3. The molecule has 3 fully saturated rings. The predicted molar refractivity (Wildman–Crippen MR) is 117 cm³/mol. The van der Waals surface area contributed by atoms with Gasteiger partial charge in [-0.05, 0) is 31.2 Å². The number of nitrogens with one attached hydrogen (secondary N) is 2. The number of aliphatic hydroxyl groups excluding tert-OH is 1. The van der Waals surface area contributed by atoms with E-state index < -0.39 is 35.1 Å². The zero-order valence-electron chi connectivity index (χ0n) is 19.0. The van der Waals surface area contributed by atoms with E-state index in [2.05, 4.69) is 10.6 Å². The normalized spacial score (nSPS) is 33.8. The zero-order valence-corrected chi connectivity index (χ0v) is 19.0. The summed E-state index contributed by atoms with van der Waals surface area (Å²) in [6.45, 7) is 3.91. The predicted octanol–water partition coefficient (Wildman–Crippen LogP) is 0.975. The highest BCUT2D eigenvalue weighted by Crippen LogP contribution is 2.64. The Morgan fingerprint density at radius 3 is 2.53 bits per heavy atom. The summed E-state index contributed by atoms with van der Waals surface area (Å²) in [5, 5.41) is 15.7. The van der Waals surface area contributed by atoms with Crippen molar-refractivity contribution in [3.8, 4) is 0 Å². The van der Waals surface area contributed by atoms with E-state index in [1.807, 2.05) is 44.2 Å². The summed E-state index contributed by atoms with van der Waals surface area (Å²) in [6, 6.07) is 8.17. The van der Waals surface area contributed by atoms with Crippen LogP contribution in [0, 0.1) is 11.8 Å². The Balaban J connectivity index is 1.73. The molecule has 0 saturated carbocycles. The van der Waals surface area contributed by atoms with Gasteiger partial charge in [-0.1, -0.05) is 44.2 Å². The Hall–Kier alpha value is -2.45. The molecule has 2 unspecified atom stereocenters. The SMILES string of the molecule is CC[C@@H](CO)N1C(=O)[C@@H]2[C@H](C(=O)NC)[C@]3(CC)CCC2(O3)C1C(=O)NCc1ccccc1. The van der Waals surface area contributed by atoms with E-state index in [1.165, 1.54) is 4.90 Å². The summed E-state index contributed by atoms with van der Waals surface area (Å²) < 4.78 is 6.62. The number of amides is 3. The van der Waals surface area contributed by atoms with E-state index in [0.29, 0.717) is 32.2 Å². The van der Waals surface area contributed by atoms with Crippen LogP contribution in [0.1, 0.15) is 45.1 Å². The second-order valence-electron chi connectivity index (χ2n) is 9.14. The molecule has 6 atom stereocenters. The lowest BCUT2D eigenvalue weighted by Crippen LogP contribution is -2.57. The number of hydrogen-bond acceptors (Lipinski definition) is 5. The number of benzene rings is 1. The third-order valence-corrected chi connectivity index (χ3v) is 7.78. The van der Waals surface area contributed by atoms with E-state index in [-0.39, 0.29) is 24.3 Å². The molecule has 1 aromatic rings. The highest BCUT2D eigenvalue weighted by atomic mass is 16.5. The molecule has 0 aromatic heterocycles. The summed E-state index contributed by atoms with van der Waals surface area (Å²) in [5.41, 5.74) is -0.858. The van der Waals surface area contributed by atoms with E-state index in [4.69, 9.17) is 4.74 Å². The summed E-state index contributed by atoms with van der Waals surface area (Å²) in [4.78, 5) is 41.8. The Morgan fingerprint density at radius 1 is 1.22 bits per heavy atom. The van der Waals surface area contributed by atoms with Gasteiger partial charge in [0, 0.05) is 13.6 Å². The molecular formula is C24H33N3O5. The van der Waals surface area contributed by atoms with Crippen LogP contribution >= 0.6 is 0 Å². The number of hydrogen-bond donors (Lipinski definition) is 3. The van der Waals surface area contributed by atoms with Gasteiger partial charge in [-0.2, -0.15) is 0 Å².